The van der Waals surface area contributed by atoms with Gasteiger partial charge in [-0.2, -0.15) is 0 Å². The normalized spacial score (nSPS) is 9.38. The molecule has 0 heterocycles. The zero-order valence-electron chi connectivity index (χ0n) is 8.95. The molecule has 0 unspecified atom stereocenters. The Morgan fingerprint density at radius 2 is 2.19 bits per heavy atom. The predicted molar refractivity (Wildman–Crippen MR) is 61.1 cm³/mol. The molecule has 0 aliphatic carbocycles. The van der Waals surface area contributed by atoms with Gasteiger partial charge < -0.3 is 15.9 Å². The van der Waals surface area contributed by atoms with Crippen LogP contribution in [0, 0.1) is 18.8 Å². The lowest BCUT2D eigenvalue weighted by Crippen LogP contribution is -2.05. The minimum atomic E-state index is -1.06. The second kappa shape index (κ2) is 5.19. The van der Waals surface area contributed by atoms with Gasteiger partial charge >= 0.3 is 5.97 Å². The number of nitrogens with two attached hydrogens (primary N) is 1. The van der Waals surface area contributed by atoms with Crippen molar-refractivity contribution in [3.63, 3.8) is 0 Å². The Morgan fingerprint density at radius 3 is 2.75 bits per heavy atom. The number of benzene rings is 1. The maximum atomic E-state index is 10.9. The summed E-state index contributed by atoms with van der Waals surface area (Å²) in [4.78, 5) is 10.9. The van der Waals surface area contributed by atoms with Crippen molar-refractivity contribution in [2.45, 2.75) is 13.3 Å². The van der Waals surface area contributed by atoms with Crippen molar-refractivity contribution in [1.82, 2.24) is 0 Å². The number of aliphatic hydroxyl groups is 1. The van der Waals surface area contributed by atoms with Gasteiger partial charge in [-0.1, -0.05) is 11.8 Å². The van der Waals surface area contributed by atoms with Crippen molar-refractivity contribution in [1.29, 1.82) is 0 Å². The Hall–Kier alpha value is -1.99. The van der Waals surface area contributed by atoms with E-state index < -0.39 is 5.97 Å². The van der Waals surface area contributed by atoms with Crippen molar-refractivity contribution in [2.24, 2.45) is 0 Å². The highest BCUT2D eigenvalue weighted by Gasteiger charge is 2.11. The van der Waals surface area contributed by atoms with Crippen LogP contribution in [-0.4, -0.2) is 22.8 Å². The number of carboxylic acids is 1. The van der Waals surface area contributed by atoms with Crippen LogP contribution in [0.4, 0.5) is 5.69 Å². The molecule has 0 saturated carbocycles. The molecule has 0 aliphatic heterocycles. The topological polar surface area (TPSA) is 83.5 Å². The molecule has 4 heteroatoms. The molecule has 0 atom stereocenters. The molecule has 0 spiro atoms. The molecule has 0 aromatic heterocycles. The predicted octanol–water partition coefficient (Wildman–Crippen LogP) is 1.01. The number of nitrogen functional groups attached to an aromatic ring is 1. The first-order chi connectivity index (χ1) is 7.56. The van der Waals surface area contributed by atoms with E-state index in [1.54, 1.807) is 13.0 Å². The lowest BCUT2D eigenvalue weighted by Gasteiger charge is -2.05. The summed E-state index contributed by atoms with van der Waals surface area (Å²) in [7, 11) is 0. The Bertz CT molecular complexity index is 469. The van der Waals surface area contributed by atoms with Gasteiger partial charge in [0, 0.05) is 12.0 Å². The van der Waals surface area contributed by atoms with E-state index in [4.69, 9.17) is 15.9 Å². The summed E-state index contributed by atoms with van der Waals surface area (Å²) >= 11 is 0. The summed E-state index contributed by atoms with van der Waals surface area (Å²) in [5, 5.41) is 17.5. The van der Waals surface area contributed by atoms with E-state index in [9.17, 15) is 4.79 Å². The van der Waals surface area contributed by atoms with Crippen molar-refractivity contribution in [3.8, 4) is 11.8 Å². The largest absolute Gasteiger partial charge is 0.478 e. The standard InChI is InChI=1S/C12H13NO3/c1-8-6-9(4-2-3-5-14)11(13)10(7-8)12(15)16/h6-7,14H,3,5,13H2,1H3,(H,15,16). The van der Waals surface area contributed by atoms with E-state index >= 15 is 0 Å². The maximum Gasteiger partial charge on any atom is 0.337 e. The second-order valence-corrected chi connectivity index (χ2v) is 3.35. The molecule has 0 fully saturated rings. The average molecular weight is 219 g/mol. The van der Waals surface area contributed by atoms with Gasteiger partial charge in [-0.15, -0.1) is 0 Å². The van der Waals surface area contributed by atoms with E-state index in [0.717, 1.165) is 5.56 Å². The summed E-state index contributed by atoms with van der Waals surface area (Å²) in [5.41, 5.74) is 7.21. The molecule has 0 amide bonds. The highest BCUT2D eigenvalue weighted by molar-refractivity contribution is 5.95. The molecule has 4 N–H and O–H groups in total. The number of carbonyl (C=O) groups is 1. The van der Waals surface area contributed by atoms with Gasteiger partial charge in [0.15, 0.2) is 0 Å². The molecule has 0 radical (unpaired) electrons. The van der Waals surface area contributed by atoms with Gasteiger partial charge in [-0.3, -0.25) is 0 Å². The lowest BCUT2D eigenvalue weighted by atomic mass is 10.0. The highest BCUT2D eigenvalue weighted by Crippen LogP contribution is 2.19. The number of hydrogen-bond acceptors (Lipinski definition) is 3. The van der Waals surface area contributed by atoms with Crippen LogP contribution >= 0.6 is 0 Å². The molecular weight excluding hydrogens is 206 g/mol. The molecule has 1 aromatic rings. The zero-order chi connectivity index (χ0) is 12.1. The highest BCUT2D eigenvalue weighted by atomic mass is 16.4. The van der Waals surface area contributed by atoms with Gasteiger partial charge in [-0.25, -0.2) is 4.79 Å². The first kappa shape index (κ1) is 12.1. The maximum absolute atomic E-state index is 10.9. The third kappa shape index (κ3) is 2.75. The molecule has 0 bridgehead atoms. The Kier molecular flexibility index (Phi) is 3.92. The summed E-state index contributed by atoms with van der Waals surface area (Å²) in [6.07, 6.45) is 0.343. The number of aromatic carboxylic acids is 1. The molecule has 0 aliphatic rings. The summed E-state index contributed by atoms with van der Waals surface area (Å²) in [6, 6.07) is 3.24. The minimum absolute atomic E-state index is 0.0233. The molecular formula is C12H13NO3. The monoisotopic (exact) mass is 219 g/mol. The van der Waals surface area contributed by atoms with E-state index in [1.807, 2.05) is 0 Å². The smallest absolute Gasteiger partial charge is 0.337 e. The summed E-state index contributed by atoms with van der Waals surface area (Å²) < 4.78 is 0. The fraction of sp³-hybridized carbons (Fsp3) is 0.250. The Morgan fingerprint density at radius 1 is 1.50 bits per heavy atom. The van der Waals surface area contributed by atoms with E-state index in [1.165, 1.54) is 6.07 Å². The number of aliphatic hydroxyl groups excluding tert-OH is 1. The second-order valence-electron chi connectivity index (χ2n) is 3.35. The first-order valence-corrected chi connectivity index (χ1v) is 4.79. The lowest BCUT2D eigenvalue weighted by molar-refractivity contribution is 0.0698. The van der Waals surface area contributed by atoms with Gasteiger partial charge in [0.1, 0.15) is 0 Å². The molecule has 16 heavy (non-hydrogen) atoms. The van der Waals surface area contributed by atoms with Crippen LogP contribution < -0.4 is 5.73 Å². The van der Waals surface area contributed by atoms with Crippen molar-refractivity contribution in [3.05, 3.63) is 28.8 Å². The van der Waals surface area contributed by atoms with Crippen LogP contribution in [0.5, 0.6) is 0 Å². The molecule has 1 rings (SSSR count). The Labute approximate surface area is 93.7 Å². The third-order valence-corrected chi connectivity index (χ3v) is 2.01. The van der Waals surface area contributed by atoms with Gasteiger partial charge in [0.25, 0.3) is 0 Å². The SMILES string of the molecule is Cc1cc(C#CCCO)c(N)c(C(=O)O)c1. The van der Waals surface area contributed by atoms with Crippen LogP contribution in [-0.2, 0) is 0 Å². The van der Waals surface area contributed by atoms with Crippen LogP contribution in [0.2, 0.25) is 0 Å². The summed E-state index contributed by atoms with van der Waals surface area (Å²) in [6.45, 7) is 1.76. The number of rotatable bonds is 2. The van der Waals surface area contributed by atoms with E-state index in [0.29, 0.717) is 12.0 Å². The number of anilines is 1. The van der Waals surface area contributed by atoms with Crippen molar-refractivity contribution < 1.29 is 15.0 Å². The van der Waals surface area contributed by atoms with Gasteiger partial charge in [-0.05, 0) is 24.6 Å². The minimum Gasteiger partial charge on any atom is -0.478 e. The zero-order valence-corrected chi connectivity index (χ0v) is 8.95. The number of carboxylic acid groups (broad SMARTS) is 1. The van der Waals surface area contributed by atoms with E-state index in [2.05, 4.69) is 11.8 Å². The van der Waals surface area contributed by atoms with Gasteiger partial charge in [0.2, 0.25) is 0 Å². The van der Waals surface area contributed by atoms with Gasteiger partial charge in [0.05, 0.1) is 17.9 Å². The van der Waals surface area contributed by atoms with E-state index in [-0.39, 0.29) is 17.9 Å². The molecule has 1 aromatic carbocycles. The first-order valence-electron chi connectivity index (χ1n) is 4.79. The quantitative estimate of drug-likeness (QED) is 0.512. The van der Waals surface area contributed by atoms with Crippen molar-refractivity contribution in [2.75, 3.05) is 12.3 Å². The summed E-state index contributed by atoms with van der Waals surface area (Å²) in [5.74, 6) is 4.40. The van der Waals surface area contributed by atoms with Crippen LogP contribution in [0.1, 0.15) is 27.9 Å². The third-order valence-electron chi connectivity index (χ3n) is 2.01. The average Bonchev–Trinajstić information content (AvgIpc) is 2.22. The fourth-order valence-corrected chi connectivity index (χ4v) is 1.29. The molecule has 84 valence electrons. The molecule has 4 nitrogen and oxygen atoms in total. The molecule has 0 saturated heterocycles. The van der Waals surface area contributed by atoms with Crippen molar-refractivity contribution >= 4 is 11.7 Å². The van der Waals surface area contributed by atoms with Crippen LogP contribution in [0.3, 0.4) is 0 Å². The number of aryl methyl sites for hydroxylation is 1. The van der Waals surface area contributed by atoms with Crippen LogP contribution in [0.15, 0.2) is 12.1 Å². The Balaban J connectivity index is 3.21. The number of hydrogen-bond donors (Lipinski definition) is 3. The fourth-order valence-electron chi connectivity index (χ4n) is 1.29. The van der Waals surface area contributed by atoms with Crippen LogP contribution in [0.25, 0.3) is 0 Å².